The minimum atomic E-state index is -1.50. The Labute approximate surface area is 144 Å². The quantitative estimate of drug-likeness (QED) is 0.536. The summed E-state index contributed by atoms with van der Waals surface area (Å²) in [5, 5.41) is 10.1. The van der Waals surface area contributed by atoms with Gasteiger partial charge in [0, 0.05) is 13.8 Å². The molecule has 2 unspecified atom stereocenters. The maximum Gasteiger partial charge on any atom is 0.378 e. The highest BCUT2D eigenvalue weighted by Crippen LogP contribution is 2.28. The molecule has 1 aliphatic heterocycles. The molecule has 1 aliphatic rings. The van der Waals surface area contributed by atoms with Crippen molar-refractivity contribution in [3.63, 3.8) is 0 Å². The Balaban J connectivity index is 2.85. The molecule has 0 aromatic rings. The van der Waals surface area contributed by atoms with Gasteiger partial charge in [0.1, 0.15) is 12.7 Å². The molecule has 0 saturated carbocycles. The zero-order chi connectivity index (χ0) is 19.4. The SMILES string of the molecule is CC(=O)OC1=C(OC(C)=O)C(C(O)COC(=O)CC(C)(C)C)OC1=O. The second-order valence-corrected chi connectivity index (χ2v) is 6.69. The molecule has 0 fully saturated rings. The number of hydrogen-bond acceptors (Lipinski definition) is 9. The van der Waals surface area contributed by atoms with Crippen LogP contribution in [0.2, 0.25) is 0 Å². The third-order valence-electron chi connectivity index (χ3n) is 2.84. The van der Waals surface area contributed by atoms with Crippen LogP contribution in [-0.4, -0.2) is 47.8 Å². The molecule has 0 amide bonds. The Morgan fingerprint density at radius 2 is 1.72 bits per heavy atom. The van der Waals surface area contributed by atoms with E-state index in [9.17, 15) is 24.3 Å². The third kappa shape index (κ3) is 6.54. The average Bonchev–Trinajstić information content (AvgIpc) is 2.71. The lowest BCUT2D eigenvalue weighted by Crippen LogP contribution is -2.35. The fourth-order valence-corrected chi connectivity index (χ4v) is 1.95. The molecule has 0 aromatic carbocycles. The van der Waals surface area contributed by atoms with Crippen LogP contribution >= 0.6 is 0 Å². The van der Waals surface area contributed by atoms with Crippen LogP contribution in [0.3, 0.4) is 0 Å². The number of aliphatic hydroxyl groups is 1. The number of rotatable bonds is 6. The van der Waals surface area contributed by atoms with E-state index in [1.165, 1.54) is 0 Å². The highest BCUT2D eigenvalue weighted by molar-refractivity contribution is 5.93. The van der Waals surface area contributed by atoms with Crippen LogP contribution in [0.25, 0.3) is 0 Å². The molecule has 0 radical (unpaired) electrons. The predicted octanol–water partition coefficient (Wildman–Crippen LogP) is 0.590. The molecular weight excluding hydrogens is 336 g/mol. The number of carbonyl (C=O) groups excluding carboxylic acids is 4. The van der Waals surface area contributed by atoms with E-state index in [4.69, 9.17) is 14.2 Å². The second-order valence-electron chi connectivity index (χ2n) is 6.69. The summed E-state index contributed by atoms with van der Waals surface area (Å²) in [5.41, 5.74) is -0.298. The number of hydrogen-bond donors (Lipinski definition) is 1. The van der Waals surface area contributed by atoms with Gasteiger partial charge in [-0.15, -0.1) is 0 Å². The van der Waals surface area contributed by atoms with E-state index in [0.29, 0.717) is 0 Å². The van der Waals surface area contributed by atoms with Crippen molar-refractivity contribution in [1.82, 2.24) is 0 Å². The van der Waals surface area contributed by atoms with E-state index in [0.717, 1.165) is 13.8 Å². The summed E-state index contributed by atoms with van der Waals surface area (Å²) in [5.74, 6) is -4.31. The van der Waals surface area contributed by atoms with Crippen molar-refractivity contribution in [2.45, 2.75) is 53.2 Å². The lowest BCUT2D eigenvalue weighted by molar-refractivity contribution is -0.158. The summed E-state index contributed by atoms with van der Waals surface area (Å²) < 4.78 is 19.3. The van der Waals surface area contributed by atoms with Crippen LogP contribution in [0.1, 0.15) is 41.0 Å². The standard InChI is InChI=1S/C16H22O9/c1-8(17)23-13-12(25-15(21)14(13)24-9(2)18)10(19)7-22-11(20)6-16(3,4)5/h10,12,19H,6-7H2,1-5H3. The van der Waals surface area contributed by atoms with Crippen LogP contribution in [0.4, 0.5) is 0 Å². The number of cyclic esters (lactones) is 1. The molecule has 1 heterocycles. The third-order valence-corrected chi connectivity index (χ3v) is 2.84. The Bertz CT molecular complexity index is 597. The van der Waals surface area contributed by atoms with Gasteiger partial charge in [0.2, 0.25) is 5.76 Å². The van der Waals surface area contributed by atoms with Gasteiger partial charge >= 0.3 is 23.9 Å². The average molecular weight is 358 g/mol. The Kier molecular flexibility index (Phi) is 6.69. The van der Waals surface area contributed by atoms with Crippen molar-refractivity contribution < 1.29 is 43.2 Å². The molecule has 1 rings (SSSR count). The lowest BCUT2D eigenvalue weighted by Gasteiger charge is -2.21. The fourth-order valence-electron chi connectivity index (χ4n) is 1.95. The fraction of sp³-hybridized carbons (Fsp3) is 0.625. The van der Waals surface area contributed by atoms with Gasteiger partial charge in [-0.05, 0) is 5.41 Å². The zero-order valence-corrected chi connectivity index (χ0v) is 14.8. The Morgan fingerprint density at radius 1 is 1.16 bits per heavy atom. The molecule has 0 spiro atoms. The van der Waals surface area contributed by atoms with Gasteiger partial charge < -0.3 is 24.1 Å². The maximum absolute atomic E-state index is 11.8. The summed E-state index contributed by atoms with van der Waals surface area (Å²) in [6.07, 6.45) is -2.82. The summed E-state index contributed by atoms with van der Waals surface area (Å²) in [6.45, 7) is 7.14. The van der Waals surface area contributed by atoms with Crippen LogP contribution < -0.4 is 0 Å². The van der Waals surface area contributed by atoms with Gasteiger partial charge in [0.05, 0.1) is 6.42 Å². The molecule has 25 heavy (non-hydrogen) atoms. The van der Waals surface area contributed by atoms with Crippen molar-refractivity contribution in [3.05, 3.63) is 11.5 Å². The van der Waals surface area contributed by atoms with E-state index >= 15 is 0 Å². The van der Waals surface area contributed by atoms with Gasteiger partial charge in [0.15, 0.2) is 6.10 Å². The van der Waals surface area contributed by atoms with Crippen molar-refractivity contribution in [1.29, 1.82) is 0 Å². The summed E-state index contributed by atoms with van der Waals surface area (Å²) in [7, 11) is 0. The molecule has 0 aromatic heterocycles. The predicted molar refractivity (Wildman–Crippen MR) is 81.5 cm³/mol. The van der Waals surface area contributed by atoms with Crippen LogP contribution in [0.5, 0.6) is 0 Å². The minimum Gasteiger partial charge on any atom is -0.463 e. The maximum atomic E-state index is 11.8. The Hall–Kier alpha value is -2.42. The number of aliphatic hydroxyl groups excluding tert-OH is 1. The molecular formula is C16H22O9. The van der Waals surface area contributed by atoms with Gasteiger partial charge in [-0.2, -0.15) is 0 Å². The summed E-state index contributed by atoms with van der Waals surface area (Å²) in [6, 6.07) is 0. The Morgan fingerprint density at radius 3 is 2.20 bits per heavy atom. The number of esters is 4. The van der Waals surface area contributed by atoms with E-state index < -0.39 is 54.2 Å². The topological polar surface area (TPSA) is 125 Å². The number of carbonyl (C=O) groups is 4. The molecule has 2 atom stereocenters. The highest BCUT2D eigenvalue weighted by Gasteiger charge is 2.44. The van der Waals surface area contributed by atoms with E-state index in [-0.39, 0.29) is 11.8 Å². The lowest BCUT2D eigenvalue weighted by atomic mass is 9.92. The second kappa shape index (κ2) is 8.11. The molecule has 0 bridgehead atoms. The highest BCUT2D eigenvalue weighted by atomic mass is 16.6. The van der Waals surface area contributed by atoms with Crippen molar-refractivity contribution >= 4 is 23.9 Å². The van der Waals surface area contributed by atoms with Gasteiger partial charge in [-0.3, -0.25) is 14.4 Å². The molecule has 9 heteroatoms. The monoisotopic (exact) mass is 358 g/mol. The smallest absolute Gasteiger partial charge is 0.378 e. The first-order valence-corrected chi connectivity index (χ1v) is 7.56. The summed E-state index contributed by atoms with van der Waals surface area (Å²) >= 11 is 0. The normalized spacial score (nSPS) is 18.5. The molecule has 140 valence electrons. The molecule has 1 N–H and O–H groups in total. The molecule has 0 aliphatic carbocycles. The van der Waals surface area contributed by atoms with Gasteiger partial charge in [0.25, 0.3) is 5.76 Å². The van der Waals surface area contributed by atoms with Gasteiger partial charge in [-0.25, -0.2) is 4.79 Å². The van der Waals surface area contributed by atoms with Gasteiger partial charge in [-0.1, -0.05) is 20.8 Å². The first-order valence-electron chi connectivity index (χ1n) is 7.56. The van der Waals surface area contributed by atoms with E-state index in [1.807, 2.05) is 20.8 Å². The number of ether oxygens (including phenoxy) is 4. The zero-order valence-electron chi connectivity index (χ0n) is 14.8. The van der Waals surface area contributed by atoms with Crippen molar-refractivity contribution in [3.8, 4) is 0 Å². The summed E-state index contributed by atoms with van der Waals surface area (Å²) in [4.78, 5) is 45.7. The van der Waals surface area contributed by atoms with Crippen molar-refractivity contribution in [2.75, 3.05) is 6.61 Å². The largest absolute Gasteiger partial charge is 0.463 e. The first-order chi connectivity index (χ1) is 11.4. The van der Waals surface area contributed by atoms with Crippen LogP contribution in [0.15, 0.2) is 11.5 Å². The minimum absolute atomic E-state index is 0.121. The van der Waals surface area contributed by atoms with Crippen LogP contribution in [-0.2, 0) is 38.1 Å². The van der Waals surface area contributed by atoms with Crippen molar-refractivity contribution in [2.24, 2.45) is 5.41 Å². The first kappa shape index (κ1) is 20.6. The van der Waals surface area contributed by atoms with Crippen LogP contribution in [0, 0.1) is 5.41 Å². The molecule has 9 nitrogen and oxygen atoms in total. The van der Waals surface area contributed by atoms with E-state index in [2.05, 4.69) is 4.74 Å². The van der Waals surface area contributed by atoms with E-state index in [1.54, 1.807) is 0 Å². The molecule has 0 saturated heterocycles.